The highest BCUT2D eigenvalue weighted by molar-refractivity contribution is 7.89. The molecule has 0 atom stereocenters. The minimum absolute atomic E-state index is 0.0755. The Hall–Kier alpha value is -0.960. The monoisotopic (exact) mass is 334 g/mol. The third-order valence-corrected chi connectivity index (χ3v) is 5.38. The van der Waals surface area contributed by atoms with Crippen LogP contribution in [0.4, 0.5) is 0 Å². The normalized spacial score (nSPS) is 12.5. The maximum Gasteiger partial charge on any atom is 0.238 e. The largest absolute Gasteiger partial charge is 0.238 e. The standard InChI is InChI=1S/C13H22N2O4S2/c1-2-3-11-20(16,17)15-10-4-5-12-6-8-13(9-7-12)21(14,18)19/h6-9,15H,2-5,10-11H2,1H3,(H2,14,18,19). The molecule has 0 heterocycles. The molecule has 0 aliphatic heterocycles. The summed E-state index contributed by atoms with van der Waals surface area (Å²) in [4.78, 5) is 0.0755. The molecule has 3 N–H and O–H groups in total. The van der Waals surface area contributed by atoms with E-state index in [1.807, 2.05) is 6.92 Å². The molecule has 21 heavy (non-hydrogen) atoms. The van der Waals surface area contributed by atoms with E-state index >= 15 is 0 Å². The molecule has 0 aromatic heterocycles. The molecule has 0 saturated heterocycles. The van der Waals surface area contributed by atoms with Crippen molar-refractivity contribution in [1.29, 1.82) is 0 Å². The van der Waals surface area contributed by atoms with Gasteiger partial charge in [0.25, 0.3) is 0 Å². The zero-order valence-corrected chi connectivity index (χ0v) is 13.7. The van der Waals surface area contributed by atoms with E-state index < -0.39 is 20.0 Å². The van der Waals surface area contributed by atoms with Crippen LogP contribution < -0.4 is 9.86 Å². The van der Waals surface area contributed by atoms with Crippen LogP contribution in [0, 0.1) is 0 Å². The smallest absolute Gasteiger partial charge is 0.225 e. The van der Waals surface area contributed by atoms with Crippen LogP contribution in [0.2, 0.25) is 0 Å². The number of nitrogens with two attached hydrogens (primary N) is 1. The molecular weight excluding hydrogens is 312 g/mol. The zero-order chi connectivity index (χ0) is 15.9. The van der Waals surface area contributed by atoms with Crippen molar-refractivity contribution in [3.8, 4) is 0 Å². The van der Waals surface area contributed by atoms with E-state index in [9.17, 15) is 16.8 Å². The Kier molecular flexibility index (Phi) is 6.79. The Bertz CT molecular complexity index is 637. The topological polar surface area (TPSA) is 106 Å². The second-order valence-electron chi connectivity index (χ2n) is 4.86. The molecule has 0 amide bonds. The Morgan fingerprint density at radius 3 is 2.19 bits per heavy atom. The van der Waals surface area contributed by atoms with E-state index in [2.05, 4.69) is 4.72 Å². The molecule has 6 nitrogen and oxygen atoms in total. The van der Waals surface area contributed by atoms with Gasteiger partial charge in [0.05, 0.1) is 10.6 Å². The van der Waals surface area contributed by atoms with Crippen molar-refractivity contribution in [3.63, 3.8) is 0 Å². The van der Waals surface area contributed by atoms with Gasteiger partial charge in [-0.05, 0) is 37.0 Å². The van der Waals surface area contributed by atoms with E-state index in [1.165, 1.54) is 12.1 Å². The van der Waals surface area contributed by atoms with Gasteiger partial charge >= 0.3 is 0 Å². The minimum Gasteiger partial charge on any atom is -0.225 e. The number of primary sulfonamides is 1. The van der Waals surface area contributed by atoms with Gasteiger partial charge in [-0.1, -0.05) is 25.5 Å². The lowest BCUT2D eigenvalue weighted by Gasteiger charge is -2.06. The summed E-state index contributed by atoms with van der Waals surface area (Å²) >= 11 is 0. The van der Waals surface area contributed by atoms with Gasteiger partial charge in [0.1, 0.15) is 0 Å². The van der Waals surface area contributed by atoms with Crippen LogP contribution in [0.5, 0.6) is 0 Å². The summed E-state index contributed by atoms with van der Waals surface area (Å²) in [5, 5.41) is 5.01. The first-order valence-corrected chi connectivity index (χ1v) is 10.0. The molecule has 0 aliphatic rings. The lowest BCUT2D eigenvalue weighted by Crippen LogP contribution is -2.27. The van der Waals surface area contributed by atoms with E-state index in [4.69, 9.17) is 5.14 Å². The van der Waals surface area contributed by atoms with Crippen LogP contribution in [0.15, 0.2) is 29.2 Å². The quantitative estimate of drug-likeness (QED) is 0.657. The fraction of sp³-hybridized carbons (Fsp3) is 0.538. The molecule has 0 fully saturated rings. The lowest BCUT2D eigenvalue weighted by atomic mass is 10.1. The molecular formula is C13H22N2O4S2. The van der Waals surface area contributed by atoms with Crippen molar-refractivity contribution in [2.75, 3.05) is 12.3 Å². The molecule has 1 aromatic rings. The van der Waals surface area contributed by atoms with Crippen LogP contribution in [0.25, 0.3) is 0 Å². The van der Waals surface area contributed by atoms with Gasteiger partial charge in [0, 0.05) is 6.54 Å². The van der Waals surface area contributed by atoms with Gasteiger partial charge in [0.15, 0.2) is 0 Å². The van der Waals surface area contributed by atoms with Crippen LogP contribution in [0.3, 0.4) is 0 Å². The number of unbranched alkanes of at least 4 members (excludes halogenated alkanes) is 1. The molecule has 1 rings (SSSR count). The van der Waals surface area contributed by atoms with Crippen LogP contribution in [-0.4, -0.2) is 29.1 Å². The predicted molar refractivity (Wildman–Crippen MR) is 82.8 cm³/mol. The maximum atomic E-state index is 11.6. The van der Waals surface area contributed by atoms with E-state index in [0.717, 1.165) is 12.0 Å². The maximum absolute atomic E-state index is 11.6. The number of aryl methyl sites for hydroxylation is 1. The van der Waals surface area contributed by atoms with E-state index in [1.54, 1.807) is 12.1 Å². The molecule has 0 aliphatic carbocycles. The van der Waals surface area contributed by atoms with Gasteiger partial charge in [-0.3, -0.25) is 0 Å². The van der Waals surface area contributed by atoms with Crippen LogP contribution >= 0.6 is 0 Å². The fourth-order valence-corrected chi connectivity index (χ4v) is 3.56. The first-order chi connectivity index (χ1) is 9.74. The van der Waals surface area contributed by atoms with Gasteiger partial charge in [-0.15, -0.1) is 0 Å². The highest BCUT2D eigenvalue weighted by Gasteiger charge is 2.09. The second-order valence-corrected chi connectivity index (χ2v) is 8.35. The summed E-state index contributed by atoms with van der Waals surface area (Å²) in [6.07, 6.45) is 2.82. The van der Waals surface area contributed by atoms with Crippen molar-refractivity contribution in [2.24, 2.45) is 5.14 Å². The lowest BCUT2D eigenvalue weighted by molar-refractivity contribution is 0.575. The number of benzene rings is 1. The molecule has 0 bridgehead atoms. The van der Waals surface area contributed by atoms with E-state index in [0.29, 0.717) is 25.8 Å². The number of nitrogens with one attached hydrogen (secondary N) is 1. The summed E-state index contributed by atoms with van der Waals surface area (Å²) < 4.78 is 47.9. The molecule has 0 saturated carbocycles. The Morgan fingerprint density at radius 2 is 1.67 bits per heavy atom. The van der Waals surface area contributed by atoms with Gasteiger partial charge in [-0.2, -0.15) is 0 Å². The average molecular weight is 334 g/mol. The molecule has 0 radical (unpaired) electrons. The number of hydrogen-bond acceptors (Lipinski definition) is 4. The molecule has 0 unspecified atom stereocenters. The Labute approximate surface area is 126 Å². The average Bonchev–Trinajstić information content (AvgIpc) is 2.41. The van der Waals surface area contributed by atoms with Gasteiger partial charge in [-0.25, -0.2) is 26.7 Å². The summed E-state index contributed by atoms with van der Waals surface area (Å²) in [5.74, 6) is 0.159. The summed E-state index contributed by atoms with van der Waals surface area (Å²) in [6, 6.07) is 6.28. The highest BCUT2D eigenvalue weighted by Crippen LogP contribution is 2.10. The fourth-order valence-electron chi connectivity index (χ4n) is 1.77. The summed E-state index contributed by atoms with van der Waals surface area (Å²) in [7, 11) is -6.83. The predicted octanol–water partition coefficient (Wildman–Crippen LogP) is 0.986. The van der Waals surface area contributed by atoms with E-state index in [-0.39, 0.29) is 10.6 Å². The minimum atomic E-state index is -3.66. The zero-order valence-electron chi connectivity index (χ0n) is 12.1. The van der Waals surface area contributed by atoms with Crippen molar-refractivity contribution >= 4 is 20.0 Å². The second kappa shape index (κ2) is 7.88. The highest BCUT2D eigenvalue weighted by atomic mass is 32.2. The van der Waals surface area contributed by atoms with Crippen LogP contribution in [-0.2, 0) is 26.5 Å². The third-order valence-electron chi connectivity index (χ3n) is 2.98. The van der Waals surface area contributed by atoms with Gasteiger partial charge in [0.2, 0.25) is 20.0 Å². The number of sulfonamides is 2. The number of rotatable bonds is 9. The third kappa shape index (κ3) is 7.03. The number of hydrogen-bond donors (Lipinski definition) is 2. The van der Waals surface area contributed by atoms with Crippen molar-refractivity contribution in [1.82, 2.24) is 4.72 Å². The van der Waals surface area contributed by atoms with Gasteiger partial charge < -0.3 is 0 Å². The molecule has 120 valence electrons. The van der Waals surface area contributed by atoms with Crippen LogP contribution in [0.1, 0.15) is 31.7 Å². The SMILES string of the molecule is CCCCS(=O)(=O)NCCCc1ccc(S(N)(=O)=O)cc1. The van der Waals surface area contributed by atoms with Crippen molar-refractivity contribution in [2.45, 2.75) is 37.5 Å². The Balaban J connectivity index is 2.40. The van der Waals surface area contributed by atoms with Crippen molar-refractivity contribution < 1.29 is 16.8 Å². The first kappa shape index (κ1) is 18.1. The molecule has 8 heteroatoms. The Morgan fingerprint density at radius 1 is 1.05 bits per heavy atom. The summed E-state index contributed by atoms with van der Waals surface area (Å²) in [5.41, 5.74) is 0.940. The first-order valence-electron chi connectivity index (χ1n) is 6.83. The molecule has 1 aromatic carbocycles. The van der Waals surface area contributed by atoms with Crippen molar-refractivity contribution in [3.05, 3.63) is 29.8 Å². The summed E-state index contributed by atoms with van der Waals surface area (Å²) in [6.45, 7) is 2.32. The molecule has 0 spiro atoms.